The summed E-state index contributed by atoms with van der Waals surface area (Å²) in [5, 5.41) is 0. The number of benzene rings is 1. The lowest BCUT2D eigenvalue weighted by molar-refractivity contribution is 0.0976. The Kier molecular flexibility index (Phi) is 4.28. The lowest BCUT2D eigenvalue weighted by Gasteiger charge is -2.17. The Hall–Kier alpha value is -1.11. The Morgan fingerprint density at radius 3 is 2.50 bits per heavy atom. The highest BCUT2D eigenvalue weighted by molar-refractivity contribution is 5.96. The van der Waals surface area contributed by atoms with Crippen LogP contribution in [-0.2, 0) is 0 Å². The van der Waals surface area contributed by atoms with Gasteiger partial charge in [-0.25, -0.2) is 0 Å². The highest BCUT2D eigenvalue weighted by Crippen LogP contribution is 2.22. The van der Waals surface area contributed by atoms with Gasteiger partial charge in [-0.15, -0.1) is 0 Å². The minimum atomic E-state index is 0.271. The predicted molar refractivity (Wildman–Crippen MR) is 68.8 cm³/mol. The van der Waals surface area contributed by atoms with Crippen molar-refractivity contribution in [3.8, 4) is 0 Å². The highest BCUT2D eigenvalue weighted by atomic mass is 16.1. The Morgan fingerprint density at radius 2 is 1.94 bits per heavy atom. The van der Waals surface area contributed by atoms with Gasteiger partial charge in [0, 0.05) is 12.0 Å². The molecule has 0 radical (unpaired) electrons. The molecule has 0 unspecified atom stereocenters. The molecule has 1 nitrogen and oxygen atoms in total. The fourth-order valence-corrected chi connectivity index (χ4v) is 1.74. The van der Waals surface area contributed by atoms with Crippen molar-refractivity contribution in [1.82, 2.24) is 0 Å². The summed E-state index contributed by atoms with van der Waals surface area (Å²) in [6.45, 7) is 8.66. The van der Waals surface area contributed by atoms with Gasteiger partial charge < -0.3 is 0 Å². The van der Waals surface area contributed by atoms with Crippen molar-refractivity contribution in [3.63, 3.8) is 0 Å². The molecule has 0 aliphatic rings. The molecule has 16 heavy (non-hydrogen) atoms. The molecule has 0 N–H and O–H groups in total. The van der Waals surface area contributed by atoms with Crippen molar-refractivity contribution in [2.45, 2.75) is 47.0 Å². The third-order valence-corrected chi connectivity index (χ3v) is 2.67. The number of carbonyl (C=O) groups is 1. The minimum absolute atomic E-state index is 0.271. The van der Waals surface area contributed by atoms with Crippen LogP contribution in [0.15, 0.2) is 24.3 Å². The smallest absolute Gasteiger partial charge is 0.162 e. The first-order valence-electron chi connectivity index (χ1n) is 5.98. The van der Waals surface area contributed by atoms with Gasteiger partial charge >= 0.3 is 0 Å². The van der Waals surface area contributed by atoms with Gasteiger partial charge in [-0.05, 0) is 31.2 Å². The SMILES string of the molecule is Cc1cccc(C(=O)CCCC(C)(C)C)c1. The van der Waals surface area contributed by atoms with E-state index in [-0.39, 0.29) is 5.78 Å². The molecule has 0 saturated carbocycles. The van der Waals surface area contributed by atoms with E-state index in [2.05, 4.69) is 20.8 Å². The van der Waals surface area contributed by atoms with Crippen LogP contribution in [0.1, 0.15) is 56.0 Å². The summed E-state index contributed by atoms with van der Waals surface area (Å²) >= 11 is 0. The van der Waals surface area contributed by atoms with Crippen LogP contribution in [0.5, 0.6) is 0 Å². The zero-order valence-electron chi connectivity index (χ0n) is 10.8. The Bertz CT molecular complexity index is 358. The van der Waals surface area contributed by atoms with Crippen molar-refractivity contribution in [3.05, 3.63) is 35.4 Å². The topological polar surface area (TPSA) is 17.1 Å². The maximum absolute atomic E-state index is 11.9. The molecule has 0 aliphatic heterocycles. The molecule has 0 fully saturated rings. The Labute approximate surface area is 98.9 Å². The van der Waals surface area contributed by atoms with Gasteiger partial charge in [-0.1, -0.05) is 44.5 Å². The summed E-state index contributed by atoms with van der Waals surface area (Å²) in [6, 6.07) is 7.85. The van der Waals surface area contributed by atoms with Crippen LogP contribution in [0.2, 0.25) is 0 Å². The van der Waals surface area contributed by atoms with E-state index in [1.165, 1.54) is 0 Å². The van der Waals surface area contributed by atoms with E-state index in [0.29, 0.717) is 11.8 Å². The fraction of sp³-hybridized carbons (Fsp3) is 0.533. The number of carbonyl (C=O) groups excluding carboxylic acids is 1. The van der Waals surface area contributed by atoms with E-state index in [0.717, 1.165) is 24.0 Å². The molecular weight excluding hydrogens is 196 g/mol. The van der Waals surface area contributed by atoms with Crippen LogP contribution in [0.4, 0.5) is 0 Å². The largest absolute Gasteiger partial charge is 0.294 e. The molecule has 0 bridgehead atoms. The second-order valence-electron chi connectivity index (χ2n) is 5.71. The first-order chi connectivity index (χ1) is 7.38. The van der Waals surface area contributed by atoms with Gasteiger partial charge in [0.1, 0.15) is 0 Å². The first kappa shape index (κ1) is 13.0. The van der Waals surface area contributed by atoms with Gasteiger partial charge in [-0.2, -0.15) is 0 Å². The second-order valence-corrected chi connectivity index (χ2v) is 5.71. The number of rotatable bonds is 4. The summed E-state index contributed by atoms with van der Waals surface area (Å²) < 4.78 is 0. The van der Waals surface area contributed by atoms with Crippen molar-refractivity contribution in [1.29, 1.82) is 0 Å². The van der Waals surface area contributed by atoms with Gasteiger partial charge in [0.05, 0.1) is 0 Å². The number of hydrogen-bond acceptors (Lipinski definition) is 1. The third kappa shape index (κ3) is 4.61. The zero-order chi connectivity index (χ0) is 12.2. The maximum atomic E-state index is 11.9. The Morgan fingerprint density at radius 1 is 1.25 bits per heavy atom. The molecule has 1 rings (SSSR count). The molecule has 0 atom stereocenters. The summed E-state index contributed by atoms with van der Waals surface area (Å²) in [6.07, 6.45) is 2.75. The molecular formula is C15H22O. The molecule has 0 aliphatic carbocycles. The predicted octanol–water partition coefficient (Wildman–Crippen LogP) is 4.39. The van der Waals surface area contributed by atoms with Gasteiger partial charge in [-0.3, -0.25) is 4.79 Å². The van der Waals surface area contributed by atoms with Crippen LogP contribution in [0.25, 0.3) is 0 Å². The highest BCUT2D eigenvalue weighted by Gasteiger charge is 2.11. The third-order valence-electron chi connectivity index (χ3n) is 2.67. The van der Waals surface area contributed by atoms with Crippen molar-refractivity contribution in [2.75, 3.05) is 0 Å². The van der Waals surface area contributed by atoms with Crippen molar-refractivity contribution < 1.29 is 4.79 Å². The van der Waals surface area contributed by atoms with Crippen LogP contribution in [-0.4, -0.2) is 5.78 Å². The van der Waals surface area contributed by atoms with Crippen LogP contribution < -0.4 is 0 Å². The molecule has 0 heterocycles. The molecule has 0 amide bonds. The average Bonchev–Trinajstić information content (AvgIpc) is 2.15. The normalized spacial score (nSPS) is 11.5. The summed E-state index contributed by atoms with van der Waals surface area (Å²) in [4.78, 5) is 11.9. The number of ketones is 1. The fourth-order valence-electron chi connectivity index (χ4n) is 1.74. The van der Waals surface area contributed by atoms with E-state index >= 15 is 0 Å². The maximum Gasteiger partial charge on any atom is 0.162 e. The molecule has 1 heteroatoms. The first-order valence-corrected chi connectivity index (χ1v) is 5.98. The van der Waals surface area contributed by atoms with Crippen LogP contribution in [0, 0.1) is 12.3 Å². The summed E-state index contributed by atoms with van der Waals surface area (Å²) in [7, 11) is 0. The Balaban J connectivity index is 2.47. The number of hydrogen-bond donors (Lipinski definition) is 0. The lowest BCUT2D eigenvalue weighted by Crippen LogP contribution is -2.06. The van der Waals surface area contributed by atoms with E-state index in [1.807, 2.05) is 31.2 Å². The van der Waals surface area contributed by atoms with Gasteiger partial charge in [0.15, 0.2) is 5.78 Å². The van der Waals surface area contributed by atoms with Gasteiger partial charge in [0.2, 0.25) is 0 Å². The molecule has 1 aromatic rings. The average molecular weight is 218 g/mol. The molecule has 0 aromatic heterocycles. The molecule has 1 aromatic carbocycles. The summed E-state index contributed by atoms with van der Waals surface area (Å²) in [5.74, 6) is 0.271. The van der Waals surface area contributed by atoms with Crippen molar-refractivity contribution in [2.24, 2.45) is 5.41 Å². The second kappa shape index (κ2) is 5.29. The van der Waals surface area contributed by atoms with E-state index in [9.17, 15) is 4.79 Å². The van der Waals surface area contributed by atoms with E-state index < -0.39 is 0 Å². The van der Waals surface area contributed by atoms with Crippen molar-refractivity contribution >= 4 is 5.78 Å². The molecule has 88 valence electrons. The quantitative estimate of drug-likeness (QED) is 0.685. The van der Waals surface area contributed by atoms with Gasteiger partial charge in [0.25, 0.3) is 0 Å². The van der Waals surface area contributed by atoms with E-state index in [4.69, 9.17) is 0 Å². The zero-order valence-corrected chi connectivity index (χ0v) is 10.8. The lowest BCUT2D eigenvalue weighted by atomic mass is 9.89. The monoisotopic (exact) mass is 218 g/mol. The summed E-state index contributed by atoms with van der Waals surface area (Å²) in [5.41, 5.74) is 2.34. The van der Waals surface area contributed by atoms with Crippen LogP contribution in [0.3, 0.4) is 0 Å². The van der Waals surface area contributed by atoms with Crippen LogP contribution >= 0.6 is 0 Å². The van der Waals surface area contributed by atoms with E-state index in [1.54, 1.807) is 0 Å². The number of aryl methyl sites for hydroxylation is 1. The minimum Gasteiger partial charge on any atom is -0.294 e. The number of Topliss-reactive ketones (excluding diaryl/α,β-unsaturated/α-hetero) is 1. The molecule has 0 spiro atoms. The standard InChI is InChI=1S/C15H22O/c1-12-7-5-8-13(11-12)14(16)9-6-10-15(2,3)4/h5,7-8,11H,6,9-10H2,1-4H3. The molecule has 0 saturated heterocycles.